The van der Waals surface area contributed by atoms with Crippen LogP contribution in [0.2, 0.25) is 0 Å². The van der Waals surface area contributed by atoms with Gasteiger partial charge >= 0.3 is 12.2 Å². The number of carbonyl (C=O) groups excluding carboxylic acids is 2. The van der Waals surface area contributed by atoms with Crippen LogP contribution in [0.25, 0.3) is 0 Å². The molecule has 0 unspecified atom stereocenters. The van der Waals surface area contributed by atoms with Crippen molar-refractivity contribution in [3.8, 4) is 0 Å². The van der Waals surface area contributed by atoms with E-state index in [1.807, 2.05) is 0 Å². The summed E-state index contributed by atoms with van der Waals surface area (Å²) in [5, 5.41) is 2.38. The summed E-state index contributed by atoms with van der Waals surface area (Å²) in [4.78, 5) is 25.2. The van der Waals surface area contributed by atoms with E-state index in [9.17, 15) is 9.59 Å². The SMILES string of the molecule is C=CCOC(=O)N/C(=N/C(=O)OC)SC. The molecule has 0 saturated carbocycles. The van der Waals surface area contributed by atoms with Gasteiger partial charge in [-0.2, -0.15) is 4.99 Å². The van der Waals surface area contributed by atoms with E-state index >= 15 is 0 Å². The predicted molar refractivity (Wildman–Crippen MR) is 58.0 cm³/mol. The van der Waals surface area contributed by atoms with E-state index in [-0.39, 0.29) is 11.8 Å². The van der Waals surface area contributed by atoms with Crippen LogP contribution in [0.1, 0.15) is 0 Å². The summed E-state index contributed by atoms with van der Waals surface area (Å²) < 4.78 is 8.92. The minimum Gasteiger partial charge on any atom is -0.451 e. The van der Waals surface area contributed by atoms with Gasteiger partial charge in [0, 0.05) is 0 Å². The van der Waals surface area contributed by atoms with Crippen LogP contribution < -0.4 is 5.32 Å². The summed E-state index contributed by atoms with van der Waals surface area (Å²) in [6.45, 7) is 3.47. The number of alkyl carbamates (subject to hydrolysis) is 1. The third kappa shape index (κ3) is 6.55. The standard InChI is InChI=1S/C8H12N2O4S/c1-4-5-14-8(12)10-6(15-3)9-7(11)13-2/h4H,1,5H2,2-3H3,(H,9,10,11,12). The van der Waals surface area contributed by atoms with E-state index in [0.717, 1.165) is 11.8 Å². The Bertz CT molecular complexity index is 278. The highest BCUT2D eigenvalue weighted by Crippen LogP contribution is 1.97. The van der Waals surface area contributed by atoms with Crippen molar-refractivity contribution in [3.63, 3.8) is 0 Å². The van der Waals surface area contributed by atoms with Crippen molar-refractivity contribution < 1.29 is 19.1 Å². The number of amidine groups is 1. The monoisotopic (exact) mass is 232 g/mol. The average Bonchev–Trinajstić information content (AvgIpc) is 2.25. The van der Waals surface area contributed by atoms with Crippen LogP contribution in [0.5, 0.6) is 0 Å². The van der Waals surface area contributed by atoms with Gasteiger partial charge in [0.1, 0.15) is 6.61 Å². The molecular weight excluding hydrogens is 220 g/mol. The molecular formula is C8H12N2O4S. The van der Waals surface area contributed by atoms with Crippen LogP contribution >= 0.6 is 11.8 Å². The van der Waals surface area contributed by atoms with Crippen molar-refractivity contribution in [2.45, 2.75) is 0 Å². The molecule has 0 aliphatic rings. The Balaban J connectivity index is 4.20. The average molecular weight is 232 g/mol. The van der Waals surface area contributed by atoms with E-state index in [4.69, 9.17) is 0 Å². The van der Waals surface area contributed by atoms with Crippen LogP contribution in [0.4, 0.5) is 9.59 Å². The molecule has 84 valence electrons. The lowest BCUT2D eigenvalue weighted by atomic mass is 10.7. The van der Waals surface area contributed by atoms with Crippen molar-refractivity contribution in [1.29, 1.82) is 0 Å². The van der Waals surface area contributed by atoms with E-state index < -0.39 is 12.2 Å². The molecule has 0 radical (unpaired) electrons. The molecule has 7 heteroatoms. The maximum absolute atomic E-state index is 11.0. The molecule has 0 aromatic heterocycles. The Labute approximate surface area is 91.7 Å². The van der Waals surface area contributed by atoms with Gasteiger partial charge in [-0.25, -0.2) is 9.59 Å². The lowest BCUT2D eigenvalue weighted by Crippen LogP contribution is -2.29. The number of rotatable bonds is 2. The zero-order valence-electron chi connectivity index (χ0n) is 8.48. The topological polar surface area (TPSA) is 77.0 Å². The highest BCUT2D eigenvalue weighted by molar-refractivity contribution is 8.13. The molecule has 0 aromatic rings. The Kier molecular flexibility index (Phi) is 7.08. The molecule has 0 saturated heterocycles. The van der Waals surface area contributed by atoms with E-state index in [2.05, 4.69) is 26.4 Å². The van der Waals surface area contributed by atoms with E-state index in [1.165, 1.54) is 13.2 Å². The van der Waals surface area contributed by atoms with Gasteiger partial charge < -0.3 is 9.47 Å². The van der Waals surface area contributed by atoms with E-state index in [0.29, 0.717) is 0 Å². The number of nitrogens with zero attached hydrogens (tertiary/aromatic N) is 1. The van der Waals surface area contributed by atoms with Crippen molar-refractivity contribution >= 4 is 29.1 Å². The number of amides is 2. The first-order chi connectivity index (χ1) is 7.13. The second-order valence-electron chi connectivity index (χ2n) is 2.10. The molecule has 0 rings (SSSR count). The van der Waals surface area contributed by atoms with Gasteiger partial charge in [0.15, 0.2) is 5.17 Å². The van der Waals surface area contributed by atoms with Crippen molar-refractivity contribution in [2.75, 3.05) is 20.0 Å². The third-order valence-corrected chi connectivity index (χ3v) is 1.68. The number of hydrogen-bond acceptors (Lipinski definition) is 5. The zero-order valence-corrected chi connectivity index (χ0v) is 9.30. The first kappa shape index (κ1) is 13.5. The van der Waals surface area contributed by atoms with E-state index in [1.54, 1.807) is 6.26 Å². The maximum Gasteiger partial charge on any atom is 0.435 e. The molecule has 0 aliphatic carbocycles. The second-order valence-corrected chi connectivity index (χ2v) is 2.90. The fourth-order valence-electron chi connectivity index (χ4n) is 0.511. The third-order valence-electron chi connectivity index (χ3n) is 1.10. The highest BCUT2D eigenvalue weighted by atomic mass is 32.2. The molecule has 1 N–H and O–H groups in total. The molecule has 15 heavy (non-hydrogen) atoms. The van der Waals surface area contributed by atoms with Crippen molar-refractivity contribution in [1.82, 2.24) is 5.32 Å². The maximum atomic E-state index is 11.0. The number of thioether (sulfide) groups is 1. The van der Waals surface area contributed by atoms with Crippen LogP contribution in [0.15, 0.2) is 17.6 Å². The molecule has 0 heterocycles. The summed E-state index contributed by atoms with van der Waals surface area (Å²) in [6.07, 6.45) is 1.58. The molecule has 0 bridgehead atoms. The predicted octanol–water partition coefficient (Wildman–Crippen LogP) is 1.38. The number of aliphatic imine (C=N–C) groups is 1. The Morgan fingerprint density at radius 2 is 2.27 bits per heavy atom. The van der Waals surface area contributed by atoms with Crippen LogP contribution in [0.3, 0.4) is 0 Å². The molecule has 0 spiro atoms. The smallest absolute Gasteiger partial charge is 0.435 e. The fraction of sp³-hybridized carbons (Fsp3) is 0.375. The summed E-state index contributed by atoms with van der Waals surface area (Å²) in [5.41, 5.74) is 0. The van der Waals surface area contributed by atoms with Gasteiger partial charge in [0.2, 0.25) is 0 Å². The zero-order chi connectivity index (χ0) is 11.7. The Hall–Kier alpha value is -1.50. The van der Waals surface area contributed by atoms with Crippen LogP contribution in [-0.4, -0.2) is 37.3 Å². The first-order valence-corrected chi connectivity index (χ1v) is 5.11. The van der Waals surface area contributed by atoms with Crippen LogP contribution in [0, 0.1) is 0 Å². The molecule has 2 amide bonds. The van der Waals surface area contributed by atoms with Gasteiger partial charge in [-0.05, 0) is 6.26 Å². The number of nitrogens with one attached hydrogen (secondary N) is 1. The van der Waals surface area contributed by atoms with Crippen LogP contribution in [-0.2, 0) is 9.47 Å². The minimum atomic E-state index is -0.789. The summed E-state index contributed by atoms with van der Waals surface area (Å²) in [5.74, 6) is 0. The summed E-state index contributed by atoms with van der Waals surface area (Å²) in [7, 11) is 1.19. The molecule has 0 atom stereocenters. The van der Waals surface area contributed by atoms with Gasteiger partial charge in [-0.3, -0.25) is 5.32 Å². The quantitative estimate of drug-likeness (QED) is 0.442. The fourth-order valence-corrected chi connectivity index (χ4v) is 0.862. The molecule has 6 nitrogen and oxygen atoms in total. The van der Waals surface area contributed by atoms with Crippen molar-refractivity contribution in [3.05, 3.63) is 12.7 Å². The highest BCUT2D eigenvalue weighted by Gasteiger charge is 2.07. The lowest BCUT2D eigenvalue weighted by molar-refractivity contribution is 0.164. The van der Waals surface area contributed by atoms with Gasteiger partial charge in [-0.15, -0.1) is 0 Å². The largest absolute Gasteiger partial charge is 0.451 e. The van der Waals surface area contributed by atoms with Gasteiger partial charge in [0.05, 0.1) is 7.11 Å². The Morgan fingerprint density at radius 1 is 1.60 bits per heavy atom. The van der Waals surface area contributed by atoms with Gasteiger partial charge in [-0.1, -0.05) is 24.4 Å². The molecule has 0 aliphatic heterocycles. The number of carbonyl (C=O) groups is 2. The summed E-state index contributed by atoms with van der Waals surface area (Å²) in [6, 6.07) is 0. The number of hydrogen-bond donors (Lipinski definition) is 1. The first-order valence-electron chi connectivity index (χ1n) is 3.89. The number of methoxy groups -OCH3 is 1. The Morgan fingerprint density at radius 3 is 2.73 bits per heavy atom. The molecule has 0 aromatic carbocycles. The van der Waals surface area contributed by atoms with Gasteiger partial charge in [0.25, 0.3) is 0 Å². The normalized spacial score (nSPS) is 10.4. The van der Waals surface area contributed by atoms with Crippen molar-refractivity contribution in [2.24, 2.45) is 4.99 Å². The second kappa shape index (κ2) is 7.86. The number of ether oxygens (including phenoxy) is 2. The lowest BCUT2D eigenvalue weighted by Gasteiger charge is -2.04. The minimum absolute atomic E-state index is 0.0890. The molecule has 0 fully saturated rings. The summed E-state index contributed by atoms with van der Waals surface area (Å²) >= 11 is 1.09.